The van der Waals surface area contributed by atoms with Gasteiger partial charge in [0.2, 0.25) is 0 Å². The second-order valence-electron chi connectivity index (χ2n) is 6.98. The minimum absolute atomic E-state index is 0.192. The highest BCUT2D eigenvalue weighted by molar-refractivity contribution is 6.00. The summed E-state index contributed by atoms with van der Waals surface area (Å²) in [5, 5.41) is 15.9. The van der Waals surface area contributed by atoms with Crippen molar-refractivity contribution in [3.8, 4) is 0 Å². The van der Waals surface area contributed by atoms with Gasteiger partial charge in [-0.1, -0.05) is 6.07 Å². The Morgan fingerprint density at radius 1 is 1.18 bits per heavy atom. The van der Waals surface area contributed by atoms with Crippen LogP contribution in [0.1, 0.15) is 56.8 Å². The first kappa shape index (κ1) is 16.5. The summed E-state index contributed by atoms with van der Waals surface area (Å²) in [5.41, 5.74) is -0.600. The fourth-order valence-electron chi connectivity index (χ4n) is 2.59. The molecule has 5 heteroatoms. The molecule has 0 bridgehead atoms. The van der Waals surface area contributed by atoms with E-state index in [0.29, 0.717) is 24.1 Å². The SMILES string of the molecule is CC(C)(C)NC(=O)c1cccc(NC(=O)C2(O)CCCC2)c1. The lowest BCUT2D eigenvalue weighted by molar-refractivity contribution is -0.133. The van der Waals surface area contributed by atoms with Crippen LogP contribution in [-0.4, -0.2) is 28.1 Å². The molecule has 1 fully saturated rings. The summed E-state index contributed by atoms with van der Waals surface area (Å²) in [6.45, 7) is 5.73. The molecule has 0 atom stereocenters. The molecule has 0 saturated heterocycles. The number of benzene rings is 1. The molecule has 0 unspecified atom stereocenters. The summed E-state index contributed by atoms with van der Waals surface area (Å²) in [6.07, 6.45) is 2.70. The molecular formula is C17H24N2O3. The number of nitrogens with one attached hydrogen (secondary N) is 2. The van der Waals surface area contributed by atoms with Gasteiger partial charge in [0.05, 0.1) is 0 Å². The van der Waals surface area contributed by atoms with Crippen LogP contribution in [0.25, 0.3) is 0 Å². The molecule has 5 nitrogen and oxygen atoms in total. The van der Waals surface area contributed by atoms with Crippen molar-refractivity contribution in [3.05, 3.63) is 29.8 Å². The average molecular weight is 304 g/mol. The van der Waals surface area contributed by atoms with Crippen molar-refractivity contribution < 1.29 is 14.7 Å². The van der Waals surface area contributed by atoms with Crippen LogP contribution in [0.3, 0.4) is 0 Å². The van der Waals surface area contributed by atoms with E-state index in [1.54, 1.807) is 24.3 Å². The predicted molar refractivity (Wildman–Crippen MR) is 85.7 cm³/mol. The Labute approximate surface area is 131 Å². The molecule has 1 aliphatic rings. The number of carbonyl (C=O) groups is 2. The predicted octanol–water partition coefficient (Wildman–Crippen LogP) is 2.46. The molecule has 0 aliphatic heterocycles. The zero-order chi connectivity index (χ0) is 16.4. The highest BCUT2D eigenvalue weighted by atomic mass is 16.3. The topological polar surface area (TPSA) is 78.4 Å². The van der Waals surface area contributed by atoms with Crippen molar-refractivity contribution in [1.82, 2.24) is 5.32 Å². The number of rotatable bonds is 3. The highest BCUT2D eigenvalue weighted by Gasteiger charge is 2.38. The summed E-state index contributed by atoms with van der Waals surface area (Å²) in [7, 11) is 0. The van der Waals surface area contributed by atoms with Gasteiger partial charge < -0.3 is 15.7 Å². The first-order valence-electron chi connectivity index (χ1n) is 7.66. The van der Waals surface area contributed by atoms with Gasteiger partial charge in [-0.3, -0.25) is 9.59 Å². The van der Waals surface area contributed by atoms with Gasteiger partial charge in [-0.2, -0.15) is 0 Å². The molecule has 22 heavy (non-hydrogen) atoms. The van der Waals surface area contributed by atoms with Crippen LogP contribution >= 0.6 is 0 Å². The van der Waals surface area contributed by atoms with Crippen LogP contribution < -0.4 is 10.6 Å². The zero-order valence-corrected chi connectivity index (χ0v) is 13.4. The van der Waals surface area contributed by atoms with E-state index in [1.807, 2.05) is 20.8 Å². The molecule has 0 aromatic heterocycles. The van der Waals surface area contributed by atoms with E-state index in [4.69, 9.17) is 0 Å². The fraction of sp³-hybridized carbons (Fsp3) is 0.529. The third kappa shape index (κ3) is 4.07. The number of hydrogen-bond donors (Lipinski definition) is 3. The van der Waals surface area contributed by atoms with Crippen LogP contribution in [0.4, 0.5) is 5.69 Å². The van der Waals surface area contributed by atoms with Crippen molar-refractivity contribution in [1.29, 1.82) is 0 Å². The highest BCUT2D eigenvalue weighted by Crippen LogP contribution is 2.30. The Hall–Kier alpha value is -1.88. The number of hydrogen-bond acceptors (Lipinski definition) is 3. The Morgan fingerprint density at radius 3 is 2.41 bits per heavy atom. The Balaban J connectivity index is 2.08. The van der Waals surface area contributed by atoms with Gasteiger partial charge >= 0.3 is 0 Å². The lowest BCUT2D eigenvalue weighted by Crippen LogP contribution is -2.41. The summed E-state index contributed by atoms with van der Waals surface area (Å²) in [4.78, 5) is 24.3. The smallest absolute Gasteiger partial charge is 0.256 e. The quantitative estimate of drug-likeness (QED) is 0.802. The molecule has 0 radical (unpaired) electrons. The monoisotopic (exact) mass is 304 g/mol. The standard InChI is InChI=1S/C17H24N2O3/c1-16(2,3)19-14(20)12-7-6-8-13(11-12)18-15(21)17(22)9-4-5-10-17/h6-8,11,22H,4-5,9-10H2,1-3H3,(H,18,21)(H,19,20). The minimum Gasteiger partial charge on any atom is -0.380 e. The summed E-state index contributed by atoms with van der Waals surface area (Å²) >= 11 is 0. The Bertz CT molecular complexity index is 570. The second-order valence-corrected chi connectivity index (χ2v) is 6.98. The van der Waals surface area contributed by atoms with Crippen molar-refractivity contribution in [2.45, 2.75) is 57.6 Å². The van der Waals surface area contributed by atoms with E-state index >= 15 is 0 Å². The van der Waals surface area contributed by atoms with E-state index in [1.165, 1.54) is 0 Å². The van der Waals surface area contributed by atoms with Gasteiger partial charge in [0.25, 0.3) is 11.8 Å². The Morgan fingerprint density at radius 2 is 1.82 bits per heavy atom. The zero-order valence-electron chi connectivity index (χ0n) is 13.4. The molecule has 1 saturated carbocycles. The van der Waals surface area contributed by atoms with Crippen LogP contribution in [0.15, 0.2) is 24.3 Å². The van der Waals surface area contributed by atoms with Gasteiger partial charge in [0.1, 0.15) is 5.60 Å². The summed E-state index contributed by atoms with van der Waals surface area (Å²) in [6, 6.07) is 6.74. The molecule has 0 spiro atoms. The van der Waals surface area contributed by atoms with Gasteiger partial charge in [-0.05, 0) is 64.7 Å². The third-order valence-corrected chi connectivity index (χ3v) is 3.72. The second kappa shape index (κ2) is 6.08. The maximum Gasteiger partial charge on any atom is 0.256 e. The molecule has 1 aromatic rings. The number of amides is 2. The van der Waals surface area contributed by atoms with Gasteiger partial charge in [-0.15, -0.1) is 0 Å². The molecular weight excluding hydrogens is 280 g/mol. The molecule has 3 N–H and O–H groups in total. The summed E-state index contributed by atoms with van der Waals surface area (Å²) in [5.74, 6) is -0.582. The third-order valence-electron chi connectivity index (χ3n) is 3.72. The minimum atomic E-state index is -1.27. The van der Waals surface area contributed by atoms with E-state index in [2.05, 4.69) is 10.6 Å². The molecule has 1 aliphatic carbocycles. The number of carbonyl (C=O) groups excluding carboxylic acids is 2. The molecule has 2 rings (SSSR count). The number of aliphatic hydroxyl groups is 1. The molecule has 0 heterocycles. The molecule has 2 amide bonds. The first-order chi connectivity index (χ1) is 10.2. The van der Waals surface area contributed by atoms with Gasteiger partial charge in [-0.25, -0.2) is 0 Å². The van der Waals surface area contributed by atoms with E-state index in [-0.39, 0.29) is 11.4 Å². The maximum atomic E-state index is 12.2. The maximum absolute atomic E-state index is 12.2. The largest absolute Gasteiger partial charge is 0.380 e. The Kier molecular flexibility index (Phi) is 4.56. The van der Waals surface area contributed by atoms with Crippen LogP contribution in [0.2, 0.25) is 0 Å². The van der Waals surface area contributed by atoms with Crippen molar-refractivity contribution >= 4 is 17.5 Å². The van der Waals surface area contributed by atoms with Crippen molar-refractivity contribution in [2.75, 3.05) is 5.32 Å². The number of anilines is 1. The average Bonchev–Trinajstić information content (AvgIpc) is 2.85. The van der Waals surface area contributed by atoms with E-state index < -0.39 is 11.5 Å². The van der Waals surface area contributed by atoms with Crippen LogP contribution in [0, 0.1) is 0 Å². The van der Waals surface area contributed by atoms with Crippen molar-refractivity contribution in [2.24, 2.45) is 0 Å². The summed E-state index contributed by atoms with van der Waals surface area (Å²) < 4.78 is 0. The van der Waals surface area contributed by atoms with Gasteiger partial charge in [0, 0.05) is 16.8 Å². The molecule has 1 aromatic carbocycles. The lowest BCUT2D eigenvalue weighted by Gasteiger charge is -2.22. The van der Waals surface area contributed by atoms with E-state index in [9.17, 15) is 14.7 Å². The first-order valence-corrected chi connectivity index (χ1v) is 7.66. The van der Waals surface area contributed by atoms with Crippen molar-refractivity contribution in [3.63, 3.8) is 0 Å². The molecule has 120 valence electrons. The van der Waals surface area contributed by atoms with Crippen LogP contribution in [0.5, 0.6) is 0 Å². The normalized spacial score (nSPS) is 17.1. The van der Waals surface area contributed by atoms with Gasteiger partial charge in [0.15, 0.2) is 0 Å². The van der Waals surface area contributed by atoms with E-state index in [0.717, 1.165) is 12.8 Å². The van der Waals surface area contributed by atoms with Crippen LogP contribution in [-0.2, 0) is 4.79 Å². The lowest BCUT2D eigenvalue weighted by atomic mass is 10.0. The fourth-order valence-corrected chi connectivity index (χ4v) is 2.59.